The van der Waals surface area contributed by atoms with Crippen LogP contribution in [0.3, 0.4) is 0 Å². The van der Waals surface area contributed by atoms with Gasteiger partial charge in [0.15, 0.2) is 0 Å². The lowest BCUT2D eigenvalue weighted by atomic mass is 10.1. The van der Waals surface area contributed by atoms with Crippen LogP contribution in [0.2, 0.25) is 0 Å². The topological polar surface area (TPSA) is 72.2 Å². The molecule has 1 aromatic carbocycles. The summed E-state index contributed by atoms with van der Waals surface area (Å²) >= 11 is 3.36. The summed E-state index contributed by atoms with van der Waals surface area (Å²) < 4.78 is 27.8. The lowest BCUT2D eigenvalue weighted by molar-refractivity contribution is 0.559. The molecule has 0 aliphatic heterocycles. The lowest BCUT2D eigenvalue weighted by Gasteiger charge is -2.13. The zero-order valence-corrected chi connectivity index (χ0v) is 13.2. The van der Waals surface area contributed by atoms with Gasteiger partial charge in [0.05, 0.1) is 4.90 Å². The Bertz CT molecular complexity index is 527. The number of rotatable bonds is 5. The zero-order chi connectivity index (χ0) is 13.9. The Balaban J connectivity index is 3.19. The van der Waals surface area contributed by atoms with Crippen LogP contribution in [0.25, 0.3) is 0 Å². The molecule has 0 saturated heterocycles. The van der Waals surface area contributed by atoms with E-state index in [0.29, 0.717) is 18.7 Å². The molecule has 1 rings (SSSR count). The van der Waals surface area contributed by atoms with E-state index in [-0.39, 0.29) is 10.8 Å². The maximum Gasteiger partial charge on any atom is 0.240 e. The van der Waals surface area contributed by atoms with Crippen molar-refractivity contribution in [3.63, 3.8) is 0 Å². The van der Waals surface area contributed by atoms with Crippen molar-refractivity contribution in [2.24, 2.45) is 11.7 Å². The highest BCUT2D eigenvalue weighted by Gasteiger charge is 2.19. The first-order valence-electron chi connectivity index (χ1n) is 5.76. The normalized spacial score (nSPS) is 12.1. The van der Waals surface area contributed by atoms with Gasteiger partial charge in [-0.05, 0) is 36.1 Å². The molecule has 0 radical (unpaired) electrons. The highest BCUT2D eigenvalue weighted by molar-refractivity contribution is 9.10. The molecule has 0 fully saturated rings. The quantitative estimate of drug-likeness (QED) is 0.866. The molecular weight excluding hydrogens is 316 g/mol. The van der Waals surface area contributed by atoms with E-state index in [4.69, 9.17) is 5.73 Å². The average molecular weight is 335 g/mol. The van der Waals surface area contributed by atoms with E-state index in [1.807, 2.05) is 19.9 Å². The molecule has 1 aromatic rings. The molecule has 0 bridgehead atoms. The Morgan fingerprint density at radius 2 is 2.00 bits per heavy atom. The Labute approximate surface area is 117 Å². The van der Waals surface area contributed by atoms with Gasteiger partial charge in [0, 0.05) is 17.6 Å². The summed E-state index contributed by atoms with van der Waals surface area (Å²) in [4.78, 5) is 0.290. The van der Waals surface area contributed by atoms with Crippen LogP contribution in [-0.2, 0) is 16.6 Å². The number of nitrogens with two attached hydrogens (primary N) is 1. The van der Waals surface area contributed by atoms with Crippen molar-refractivity contribution in [1.82, 2.24) is 4.72 Å². The Kier molecular flexibility index (Phi) is 5.33. The van der Waals surface area contributed by atoms with Crippen molar-refractivity contribution in [2.45, 2.75) is 32.2 Å². The molecule has 0 amide bonds. The van der Waals surface area contributed by atoms with Crippen LogP contribution in [0.4, 0.5) is 0 Å². The molecule has 18 heavy (non-hydrogen) atoms. The molecule has 0 aliphatic rings. The van der Waals surface area contributed by atoms with Gasteiger partial charge in [0.1, 0.15) is 0 Å². The van der Waals surface area contributed by atoms with Gasteiger partial charge >= 0.3 is 0 Å². The lowest BCUT2D eigenvalue weighted by Crippen LogP contribution is -2.28. The first kappa shape index (κ1) is 15.6. The van der Waals surface area contributed by atoms with Crippen LogP contribution in [0, 0.1) is 12.8 Å². The molecular formula is C12H19BrN2O2S. The molecule has 102 valence electrons. The van der Waals surface area contributed by atoms with E-state index in [1.165, 1.54) is 0 Å². The first-order valence-corrected chi connectivity index (χ1v) is 8.04. The SMILES string of the molecule is Cc1c(Br)cc(CN)cc1S(=O)(=O)NCC(C)C. The van der Waals surface area contributed by atoms with Gasteiger partial charge in [-0.3, -0.25) is 0 Å². The summed E-state index contributed by atoms with van der Waals surface area (Å²) in [6.45, 7) is 6.43. The van der Waals surface area contributed by atoms with Crippen molar-refractivity contribution in [1.29, 1.82) is 0 Å². The van der Waals surface area contributed by atoms with Crippen LogP contribution >= 0.6 is 15.9 Å². The van der Waals surface area contributed by atoms with Gasteiger partial charge < -0.3 is 5.73 Å². The van der Waals surface area contributed by atoms with Crippen LogP contribution in [0.15, 0.2) is 21.5 Å². The monoisotopic (exact) mass is 334 g/mol. The summed E-state index contributed by atoms with van der Waals surface area (Å²) in [5, 5.41) is 0. The third kappa shape index (κ3) is 3.78. The van der Waals surface area contributed by atoms with Gasteiger partial charge in [0.25, 0.3) is 0 Å². The number of benzene rings is 1. The highest BCUT2D eigenvalue weighted by Crippen LogP contribution is 2.25. The minimum Gasteiger partial charge on any atom is -0.326 e. The van der Waals surface area contributed by atoms with Crippen LogP contribution in [-0.4, -0.2) is 15.0 Å². The molecule has 0 heterocycles. The van der Waals surface area contributed by atoms with E-state index in [0.717, 1.165) is 10.0 Å². The van der Waals surface area contributed by atoms with Crippen molar-refractivity contribution in [2.75, 3.05) is 6.54 Å². The predicted molar refractivity (Wildman–Crippen MR) is 76.8 cm³/mol. The minimum absolute atomic E-state index is 0.265. The molecule has 3 N–H and O–H groups in total. The fourth-order valence-electron chi connectivity index (χ4n) is 1.46. The maximum absolute atomic E-state index is 12.2. The van der Waals surface area contributed by atoms with E-state index in [1.54, 1.807) is 13.0 Å². The molecule has 0 spiro atoms. The standard InChI is InChI=1S/C12H19BrN2O2S/c1-8(2)7-15-18(16,17)12-5-10(6-14)4-11(13)9(12)3/h4-5,8,15H,6-7,14H2,1-3H3. The smallest absolute Gasteiger partial charge is 0.240 e. The van der Waals surface area contributed by atoms with Crippen LogP contribution in [0.1, 0.15) is 25.0 Å². The molecule has 0 saturated carbocycles. The molecule has 4 nitrogen and oxygen atoms in total. The summed E-state index contributed by atoms with van der Waals surface area (Å²) in [5.74, 6) is 0.265. The van der Waals surface area contributed by atoms with Crippen molar-refractivity contribution < 1.29 is 8.42 Å². The van der Waals surface area contributed by atoms with Gasteiger partial charge in [-0.1, -0.05) is 29.8 Å². The molecule has 0 atom stereocenters. The molecule has 0 unspecified atom stereocenters. The van der Waals surface area contributed by atoms with Crippen LogP contribution in [0.5, 0.6) is 0 Å². The van der Waals surface area contributed by atoms with Gasteiger partial charge in [-0.25, -0.2) is 13.1 Å². The predicted octanol–water partition coefficient (Wildman–Crippen LogP) is 2.15. The molecule has 6 heteroatoms. The van der Waals surface area contributed by atoms with Crippen molar-refractivity contribution in [3.8, 4) is 0 Å². The summed E-state index contributed by atoms with van der Waals surface area (Å²) in [6, 6.07) is 3.47. The zero-order valence-electron chi connectivity index (χ0n) is 10.8. The van der Waals surface area contributed by atoms with E-state index >= 15 is 0 Å². The first-order chi connectivity index (χ1) is 8.27. The van der Waals surface area contributed by atoms with Gasteiger partial charge in [0.2, 0.25) is 10.0 Å². The number of hydrogen-bond donors (Lipinski definition) is 2. The number of nitrogens with one attached hydrogen (secondary N) is 1. The van der Waals surface area contributed by atoms with Gasteiger partial charge in [-0.2, -0.15) is 0 Å². The summed E-state index contributed by atoms with van der Waals surface area (Å²) in [5.41, 5.74) is 7.05. The van der Waals surface area contributed by atoms with E-state index in [9.17, 15) is 8.42 Å². The third-order valence-corrected chi connectivity index (χ3v) is 4.94. The fraction of sp³-hybridized carbons (Fsp3) is 0.500. The average Bonchev–Trinajstić information content (AvgIpc) is 2.29. The highest BCUT2D eigenvalue weighted by atomic mass is 79.9. The van der Waals surface area contributed by atoms with E-state index < -0.39 is 10.0 Å². The summed E-state index contributed by atoms with van der Waals surface area (Å²) in [7, 11) is -3.48. The fourth-order valence-corrected chi connectivity index (χ4v) is 3.62. The second-order valence-electron chi connectivity index (χ2n) is 4.65. The second kappa shape index (κ2) is 6.14. The molecule has 0 aliphatic carbocycles. The Hall–Kier alpha value is -0.430. The third-order valence-electron chi connectivity index (χ3n) is 2.56. The maximum atomic E-state index is 12.2. The Morgan fingerprint density at radius 1 is 1.39 bits per heavy atom. The van der Waals surface area contributed by atoms with Crippen molar-refractivity contribution in [3.05, 3.63) is 27.7 Å². The van der Waals surface area contributed by atoms with Gasteiger partial charge in [-0.15, -0.1) is 0 Å². The Morgan fingerprint density at radius 3 is 2.50 bits per heavy atom. The molecule has 0 aromatic heterocycles. The minimum atomic E-state index is -3.48. The van der Waals surface area contributed by atoms with E-state index in [2.05, 4.69) is 20.7 Å². The second-order valence-corrected chi connectivity index (χ2v) is 7.24. The largest absolute Gasteiger partial charge is 0.326 e. The summed E-state index contributed by atoms with van der Waals surface area (Å²) in [6.07, 6.45) is 0. The number of hydrogen-bond acceptors (Lipinski definition) is 3. The van der Waals surface area contributed by atoms with Crippen LogP contribution < -0.4 is 10.5 Å². The van der Waals surface area contributed by atoms with Crippen molar-refractivity contribution >= 4 is 26.0 Å². The number of sulfonamides is 1. The number of halogens is 1.